The van der Waals surface area contributed by atoms with E-state index in [4.69, 9.17) is 12.8 Å². The van der Waals surface area contributed by atoms with Gasteiger partial charge >= 0.3 is 0 Å². The number of anilines is 3. The first kappa shape index (κ1) is 21.8. The summed E-state index contributed by atoms with van der Waals surface area (Å²) >= 11 is 0. The molecule has 1 amide bonds. The summed E-state index contributed by atoms with van der Waals surface area (Å²) in [6.45, 7) is 1.67. The van der Waals surface area contributed by atoms with Crippen molar-refractivity contribution in [3.63, 3.8) is 0 Å². The molecule has 3 N–H and O–H groups in total. The van der Waals surface area contributed by atoms with Crippen LogP contribution in [0.4, 0.5) is 17.3 Å². The lowest BCUT2D eigenvalue weighted by molar-refractivity contribution is -0.117. The Bertz CT molecular complexity index is 1130. The Hall–Kier alpha value is -3.07. The number of carbonyl (C=O) groups excluding carboxylic acids is 1. The number of piperidine rings is 1. The second-order valence-corrected chi connectivity index (χ2v) is 9.00. The van der Waals surface area contributed by atoms with E-state index in [2.05, 4.69) is 20.6 Å². The van der Waals surface area contributed by atoms with Crippen molar-refractivity contribution in [2.75, 3.05) is 28.7 Å². The number of aliphatic hydroxyl groups is 1. The van der Waals surface area contributed by atoms with Crippen molar-refractivity contribution in [2.24, 2.45) is 5.92 Å². The Morgan fingerprint density at radius 1 is 1.18 bits per heavy atom. The van der Waals surface area contributed by atoms with Gasteiger partial charge in [-0.3, -0.25) is 4.79 Å². The molecule has 5 rings (SSSR count). The van der Waals surface area contributed by atoms with Crippen LogP contribution in [0, 0.1) is 5.92 Å². The Morgan fingerprint density at radius 3 is 2.76 bits per heavy atom. The summed E-state index contributed by atoms with van der Waals surface area (Å²) in [5.41, 5.74) is 3.07. The van der Waals surface area contributed by atoms with Gasteiger partial charge in [0, 0.05) is 49.6 Å². The average Bonchev–Trinajstić information content (AvgIpc) is 3.62. The van der Waals surface area contributed by atoms with Gasteiger partial charge in [-0.15, -0.1) is 0 Å². The minimum absolute atomic E-state index is 0.112. The van der Waals surface area contributed by atoms with Crippen molar-refractivity contribution < 1.29 is 9.90 Å². The standard InChI is InChI=1S/C24H29BN6O2/c25-20-15-27-31-21(13-22(29-23(20)31)30-11-2-1-3-19(30)10-12-32)26-14-16-4-8-18(9-5-16)28-24(33)17-6-7-17/h4-5,8-9,13,15,17,19,26,32H,1-3,6-7,10-12,14H2,(H,28,33)/t19-/m0/s1. The maximum absolute atomic E-state index is 12.0. The molecule has 1 aliphatic heterocycles. The van der Waals surface area contributed by atoms with Gasteiger partial charge < -0.3 is 20.6 Å². The summed E-state index contributed by atoms with van der Waals surface area (Å²) in [6.07, 6.45) is 7.66. The van der Waals surface area contributed by atoms with E-state index in [-0.39, 0.29) is 24.5 Å². The summed E-state index contributed by atoms with van der Waals surface area (Å²) in [6, 6.07) is 10.2. The van der Waals surface area contributed by atoms with Gasteiger partial charge in [-0.05, 0) is 61.7 Å². The molecule has 1 saturated heterocycles. The Labute approximate surface area is 194 Å². The number of benzene rings is 1. The zero-order chi connectivity index (χ0) is 22.8. The number of aliphatic hydroxyl groups excluding tert-OH is 1. The molecule has 2 fully saturated rings. The summed E-state index contributed by atoms with van der Waals surface area (Å²) < 4.78 is 1.73. The quantitative estimate of drug-likeness (QED) is 0.462. The van der Waals surface area contributed by atoms with Gasteiger partial charge in [0.25, 0.3) is 0 Å². The van der Waals surface area contributed by atoms with Crippen LogP contribution in [0.25, 0.3) is 5.65 Å². The molecule has 1 aromatic carbocycles. The topological polar surface area (TPSA) is 94.8 Å². The van der Waals surface area contributed by atoms with Crippen LogP contribution in [0.3, 0.4) is 0 Å². The number of nitrogens with one attached hydrogen (secondary N) is 2. The van der Waals surface area contributed by atoms with Crippen LogP contribution in [-0.4, -0.2) is 52.7 Å². The van der Waals surface area contributed by atoms with Crippen LogP contribution >= 0.6 is 0 Å². The Kier molecular flexibility index (Phi) is 6.22. The third-order valence-electron chi connectivity index (χ3n) is 6.51. The van der Waals surface area contributed by atoms with Crippen molar-refractivity contribution in [1.29, 1.82) is 0 Å². The second kappa shape index (κ2) is 9.43. The third kappa shape index (κ3) is 4.83. The molecule has 0 bridgehead atoms. The molecule has 1 atom stereocenters. The summed E-state index contributed by atoms with van der Waals surface area (Å²) in [5.74, 6) is 1.97. The summed E-state index contributed by atoms with van der Waals surface area (Å²) in [5, 5.41) is 20.4. The first-order chi connectivity index (χ1) is 16.1. The lowest BCUT2D eigenvalue weighted by atomic mass is 9.99. The van der Waals surface area contributed by atoms with Gasteiger partial charge in [0.05, 0.1) is 0 Å². The minimum Gasteiger partial charge on any atom is -0.396 e. The predicted molar refractivity (Wildman–Crippen MR) is 130 cm³/mol. The minimum atomic E-state index is 0.112. The van der Waals surface area contributed by atoms with Crippen LogP contribution in [0.2, 0.25) is 0 Å². The van der Waals surface area contributed by atoms with E-state index in [1.54, 1.807) is 10.7 Å². The van der Waals surface area contributed by atoms with Gasteiger partial charge in [0.2, 0.25) is 5.91 Å². The van der Waals surface area contributed by atoms with Crippen molar-refractivity contribution in [2.45, 2.75) is 51.1 Å². The fraction of sp³-hybridized carbons (Fsp3) is 0.458. The highest BCUT2D eigenvalue weighted by Gasteiger charge is 2.29. The predicted octanol–water partition coefficient (Wildman–Crippen LogP) is 2.23. The number of hydrogen-bond acceptors (Lipinski definition) is 6. The number of nitrogens with zero attached hydrogens (tertiary/aromatic N) is 4. The normalized spacial score (nSPS) is 18.5. The summed E-state index contributed by atoms with van der Waals surface area (Å²) in [7, 11) is 6.16. The van der Waals surface area contributed by atoms with E-state index in [0.29, 0.717) is 17.7 Å². The molecule has 33 heavy (non-hydrogen) atoms. The van der Waals surface area contributed by atoms with Crippen molar-refractivity contribution in [3.8, 4) is 0 Å². The zero-order valence-electron chi connectivity index (χ0n) is 18.7. The van der Waals surface area contributed by atoms with E-state index in [1.165, 1.54) is 6.42 Å². The monoisotopic (exact) mass is 444 g/mol. The van der Waals surface area contributed by atoms with Crippen LogP contribution in [0.1, 0.15) is 44.1 Å². The van der Waals surface area contributed by atoms with Crippen molar-refractivity contribution in [3.05, 3.63) is 42.1 Å². The number of fused-ring (bicyclic) bond motifs is 1. The molecule has 2 radical (unpaired) electrons. The maximum atomic E-state index is 12.0. The van der Waals surface area contributed by atoms with E-state index < -0.39 is 0 Å². The lowest BCUT2D eigenvalue weighted by Crippen LogP contribution is -2.40. The number of amides is 1. The fourth-order valence-electron chi connectivity index (χ4n) is 4.48. The van der Waals surface area contributed by atoms with Crippen molar-refractivity contribution >= 4 is 42.2 Å². The molecule has 8 nitrogen and oxygen atoms in total. The molecule has 1 saturated carbocycles. The largest absolute Gasteiger partial charge is 0.396 e. The molecule has 2 aliphatic rings. The molecule has 9 heteroatoms. The van der Waals surface area contributed by atoms with Crippen LogP contribution in [0.5, 0.6) is 0 Å². The van der Waals surface area contributed by atoms with Gasteiger partial charge in [-0.2, -0.15) is 9.61 Å². The zero-order valence-corrected chi connectivity index (χ0v) is 18.7. The highest BCUT2D eigenvalue weighted by molar-refractivity contribution is 6.36. The van der Waals surface area contributed by atoms with E-state index in [9.17, 15) is 9.90 Å². The molecule has 1 aliphatic carbocycles. The number of aromatic nitrogens is 3. The van der Waals surface area contributed by atoms with Crippen LogP contribution in [0.15, 0.2) is 36.5 Å². The number of carbonyl (C=O) groups is 1. The first-order valence-electron chi connectivity index (χ1n) is 11.8. The van der Waals surface area contributed by atoms with E-state index >= 15 is 0 Å². The molecule has 2 aromatic heterocycles. The lowest BCUT2D eigenvalue weighted by Gasteiger charge is -2.36. The fourth-order valence-corrected chi connectivity index (χ4v) is 4.48. The van der Waals surface area contributed by atoms with Crippen molar-refractivity contribution in [1.82, 2.24) is 14.6 Å². The van der Waals surface area contributed by atoms with Crippen LogP contribution < -0.4 is 21.0 Å². The molecular formula is C24H29BN6O2. The SMILES string of the molecule is [B]c1cnn2c(NCc3ccc(NC(=O)C4CC4)cc3)cc(N3CCCC[C@H]3CCO)nc12. The van der Waals surface area contributed by atoms with Gasteiger partial charge in [0.1, 0.15) is 19.5 Å². The molecule has 3 heterocycles. The van der Waals surface area contributed by atoms with Gasteiger partial charge in [0.15, 0.2) is 5.65 Å². The van der Waals surface area contributed by atoms with Gasteiger partial charge in [-0.1, -0.05) is 12.1 Å². The van der Waals surface area contributed by atoms with Gasteiger partial charge in [-0.25, -0.2) is 4.98 Å². The molecular weight excluding hydrogens is 415 g/mol. The highest BCUT2D eigenvalue weighted by Crippen LogP contribution is 2.30. The van der Waals surface area contributed by atoms with E-state index in [1.807, 2.05) is 30.3 Å². The summed E-state index contributed by atoms with van der Waals surface area (Å²) in [4.78, 5) is 19.0. The van der Waals surface area contributed by atoms with E-state index in [0.717, 1.165) is 61.5 Å². The van der Waals surface area contributed by atoms with Crippen LogP contribution in [-0.2, 0) is 11.3 Å². The number of hydrogen-bond donors (Lipinski definition) is 3. The smallest absolute Gasteiger partial charge is 0.227 e. The number of rotatable bonds is 8. The third-order valence-corrected chi connectivity index (χ3v) is 6.51. The molecule has 0 unspecified atom stereocenters. The Balaban J connectivity index is 1.34. The average molecular weight is 444 g/mol. The first-order valence-corrected chi connectivity index (χ1v) is 11.8. The second-order valence-electron chi connectivity index (χ2n) is 9.00. The maximum Gasteiger partial charge on any atom is 0.227 e. The molecule has 0 spiro atoms. The Morgan fingerprint density at radius 2 is 2.00 bits per heavy atom. The molecule has 3 aromatic rings. The highest BCUT2D eigenvalue weighted by atomic mass is 16.3. The molecule has 170 valence electrons.